The first-order valence-corrected chi connectivity index (χ1v) is 6.76. The van der Waals surface area contributed by atoms with E-state index in [1.54, 1.807) is 0 Å². The van der Waals surface area contributed by atoms with Crippen LogP contribution in [0.5, 0.6) is 0 Å². The SMILES string of the molecule is CC(=O)NC(CO)C(=O)O.c1ccc(-c2ccccc2)cc1. The Kier molecular flexibility index (Phi) is 7.36. The third-order valence-corrected chi connectivity index (χ3v) is 2.74. The lowest BCUT2D eigenvalue weighted by Gasteiger charge is -2.08. The van der Waals surface area contributed by atoms with Crippen LogP contribution < -0.4 is 5.32 Å². The van der Waals surface area contributed by atoms with E-state index in [-0.39, 0.29) is 0 Å². The Balaban J connectivity index is 0.000000225. The number of nitrogens with one attached hydrogen (secondary N) is 1. The Morgan fingerprint density at radius 1 is 0.955 bits per heavy atom. The average molecular weight is 301 g/mol. The Morgan fingerprint density at radius 2 is 1.36 bits per heavy atom. The molecule has 22 heavy (non-hydrogen) atoms. The zero-order valence-electron chi connectivity index (χ0n) is 12.3. The van der Waals surface area contributed by atoms with E-state index in [1.807, 2.05) is 17.4 Å². The summed E-state index contributed by atoms with van der Waals surface area (Å²) >= 11 is 0. The summed E-state index contributed by atoms with van der Waals surface area (Å²) in [6, 6.07) is 19.6. The van der Waals surface area contributed by atoms with Gasteiger partial charge in [-0.25, -0.2) is 4.79 Å². The Bertz CT molecular complexity index is 547. The maximum absolute atomic E-state index is 10.2. The number of hydrogen-bond acceptors (Lipinski definition) is 3. The third-order valence-electron chi connectivity index (χ3n) is 2.74. The summed E-state index contributed by atoms with van der Waals surface area (Å²) in [7, 11) is 0. The highest BCUT2D eigenvalue weighted by Gasteiger charge is 2.15. The number of carboxylic acids is 1. The van der Waals surface area contributed by atoms with Crippen molar-refractivity contribution in [3.8, 4) is 11.1 Å². The molecule has 0 saturated carbocycles. The molecule has 0 heterocycles. The van der Waals surface area contributed by atoms with Gasteiger partial charge < -0.3 is 15.5 Å². The van der Waals surface area contributed by atoms with Crippen LogP contribution in [0.4, 0.5) is 0 Å². The minimum absolute atomic E-state index is 0.471. The Labute approximate surface area is 129 Å². The molecule has 5 heteroatoms. The fourth-order valence-corrected chi connectivity index (χ4v) is 1.69. The van der Waals surface area contributed by atoms with Gasteiger partial charge in [-0.15, -0.1) is 0 Å². The number of aliphatic hydroxyl groups excluding tert-OH is 1. The summed E-state index contributed by atoms with van der Waals surface area (Å²) in [5.41, 5.74) is 2.55. The first kappa shape index (κ1) is 17.4. The summed E-state index contributed by atoms with van der Waals surface area (Å²) < 4.78 is 0. The van der Waals surface area contributed by atoms with Gasteiger partial charge in [-0.2, -0.15) is 0 Å². The molecule has 3 N–H and O–H groups in total. The summed E-state index contributed by atoms with van der Waals surface area (Å²) in [6.07, 6.45) is 0. The van der Waals surface area contributed by atoms with Crippen LogP contribution in [0.2, 0.25) is 0 Å². The zero-order chi connectivity index (χ0) is 16.4. The highest BCUT2D eigenvalue weighted by molar-refractivity contribution is 5.82. The molecule has 2 aromatic carbocycles. The van der Waals surface area contributed by atoms with Gasteiger partial charge >= 0.3 is 5.97 Å². The normalized spacial score (nSPS) is 10.8. The molecule has 0 spiro atoms. The van der Waals surface area contributed by atoms with Gasteiger partial charge in [0, 0.05) is 6.92 Å². The minimum atomic E-state index is -1.24. The summed E-state index contributed by atoms with van der Waals surface area (Å²) in [4.78, 5) is 20.3. The first-order chi connectivity index (χ1) is 10.5. The number of carboxylic acid groups (broad SMARTS) is 1. The van der Waals surface area contributed by atoms with Gasteiger partial charge in [-0.1, -0.05) is 60.7 Å². The molecule has 0 bridgehead atoms. The largest absolute Gasteiger partial charge is 0.480 e. The van der Waals surface area contributed by atoms with Gasteiger partial charge in [0.25, 0.3) is 0 Å². The van der Waals surface area contributed by atoms with Crippen molar-refractivity contribution in [1.82, 2.24) is 5.32 Å². The Morgan fingerprint density at radius 3 is 1.59 bits per heavy atom. The van der Waals surface area contributed by atoms with Crippen molar-refractivity contribution in [2.75, 3.05) is 6.61 Å². The van der Waals surface area contributed by atoms with E-state index in [4.69, 9.17) is 10.2 Å². The minimum Gasteiger partial charge on any atom is -0.480 e. The van der Waals surface area contributed by atoms with Crippen LogP contribution in [0.3, 0.4) is 0 Å². The monoisotopic (exact) mass is 301 g/mol. The molecule has 0 saturated heterocycles. The molecule has 0 radical (unpaired) electrons. The molecule has 1 unspecified atom stereocenters. The molecule has 0 aliphatic heterocycles. The lowest BCUT2D eigenvalue weighted by Crippen LogP contribution is -2.42. The predicted molar refractivity (Wildman–Crippen MR) is 84.2 cm³/mol. The van der Waals surface area contributed by atoms with Crippen LogP contribution in [0.1, 0.15) is 6.92 Å². The van der Waals surface area contributed by atoms with Gasteiger partial charge in [-0.3, -0.25) is 4.79 Å². The standard InChI is InChI=1S/C12H10.C5H9NO4/c1-3-7-11(8-4-1)12-9-5-2-6-10-12;1-3(8)6-4(2-7)5(9)10/h1-10H;4,7H,2H2,1H3,(H,6,8)(H,9,10). The van der Waals surface area contributed by atoms with Crippen molar-refractivity contribution in [3.63, 3.8) is 0 Å². The topological polar surface area (TPSA) is 86.6 Å². The quantitative estimate of drug-likeness (QED) is 0.805. The molecule has 0 fully saturated rings. The number of hydrogen-bond donors (Lipinski definition) is 3. The fourth-order valence-electron chi connectivity index (χ4n) is 1.69. The number of carbonyl (C=O) groups is 2. The molecule has 0 aliphatic carbocycles. The average Bonchev–Trinajstić information content (AvgIpc) is 2.54. The molecule has 2 rings (SSSR count). The van der Waals surface area contributed by atoms with E-state index in [2.05, 4.69) is 48.5 Å². The molecule has 2 aromatic rings. The van der Waals surface area contributed by atoms with Crippen LogP contribution in [0.25, 0.3) is 11.1 Å². The van der Waals surface area contributed by atoms with Crippen molar-refractivity contribution in [1.29, 1.82) is 0 Å². The second-order valence-corrected chi connectivity index (χ2v) is 4.51. The number of amides is 1. The lowest BCUT2D eigenvalue weighted by molar-refractivity contribution is -0.142. The maximum atomic E-state index is 10.2. The van der Waals surface area contributed by atoms with Crippen LogP contribution in [0.15, 0.2) is 60.7 Å². The number of carbonyl (C=O) groups excluding carboxylic acids is 1. The van der Waals surface area contributed by atoms with E-state index in [1.165, 1.54) is 18.1 Å². The van der Waals surface area contributed by atoms with Crippen molar-refractivity contribution < 1.29 is 19.8 Å². The second kappa shape index (κ2) is 9.31. The summed E-state index contributed by atoms with van der Waals surface area (Å²) in [6.45, 7) is 0.598. The molecule has 0 aromatic heterocycles. The highest BCUT2D eigenvalue weighted by atomic mass is 16.4. The van der Waals surface area contributed by atoms with Gasteiger partial charge in [0.1, 0.15) is 6.04 Å². The van der Waals surface area contributed by atoms with Crippen LogP contribution in [-0.2, 0) is 9.59 Å². The van der Waals surface area contributed by atoms with Crippen LogP contribution in [0, 0.1) is 0 Å². The van der Waals surface area contributed by atoms with E-state index >= 15 is 0 Å². The van der Waals surface area contributed by atoms with E-state index in [9.17, 15) is 9.59 Å². The molecule has 1 atom stereocenters. The van der Waals surface area contributed by atoms with Gasteiger partial charge in [0.2, 0.25) is 5.91 Å². The predicted octanol–water partition coefficient (Wildman–Crippen LogP) is 1.92. The lowest BCUT2D eigenvalue weighted by atomic mass is 10.1. The van der Waals surface area contributed by atoms with Crippen molar-refractivity contribution >= 4 is 11.9 Å². The van der Waals surface area contributed by atoms with Crippen LogP contribution in [-0.4, -0.2) is 34.7 Å². The molecule has 5 nitrogen and oxygen atoms in total. The maximum Gasteiger partial charge on any atom is 0.328 e. The number of benzene rings is 2. The van der Waals surface area contributed by atoms with Crippen molar-refractivity contribution in [2.24, 2.45) is 0 Å². The van der Waals surface area contributed by atoms with Gasteiger partial charge in [0.05, 0.1) is 6.61 Å². The van der Waals surface area contributed by atoms with Gasteiger partial charge in [-0.05, 0) is 11.1 Å². The molecule has 0 aliphatic rings. The fraction of sp³-hybridized carbons (Fsp3) is 0.176. The zero-order valence-corrected chi connectivity index (χ0v) is 12.3. The molecule has 116 valence electrons. The first-order valence-electron chi connectivity index (χ1n) is 6.76. The van der Waals surface area contributed by atoms with Crippen molar-refractivity contribution in [3.05, 3.63) is 60.7 Å². The number of rotatable bonds is 4. The van der Waals surface area contributed by atoms with Crippen LogP contribution >= 0.6 is 0 Å². The molecular formula is C17H19NO4. The summed E-state index contributed by atoms with van der Waals surface area (Å²) in [5, 5.41) is 18.6. The van der Waals surface area contributed by atoms with E-state index < -0.39 is 24.5 Å². The molecular weight excluding hydrogens is 282 g/mol. The summed E-state index contributed by atoms with van der Waals surface area (Å²) in [5.74, 6) is -1.71. The third kappa shape index (κ3) is 6.19. The van der Waals surface area contributed by atoms with Crippen molar-refractivity contribution in [2.45, 2.75) is 13.0 Å². The van der Waals surface area contributed by atoms with E-state index in [0.717, 1.165) is 0 Å². The smallest absolute Gasteiger partial charge is 0.328 e. The molecule has 1 amide bonds. The second-order valence-electron chi connectivity index (χ2n) is 4.51. The number of aliphatic hydroxyl groups is 1. The number of aliphatic carboxylic acids is 1. The van der Waals surface area contributed by atoms with E-state index in [0.29, 0.717) is 0 Å². The van der Waals surface area contributed by atoms with Gasteiger partial charge in [0.15, 0.2) is 0 Å². The Hall–Kier alpha value is -2.66. The highest BCUT2D eigenvalue weighted by Crippen LogP contribution is 2.17.